The number of halogens is 3. The second-order valence-electron chi connectivity index (χ2n) is 15.2. The van der Waals surface area contributed by atoms with E-state index in [1.165, 1.54) is 6.92 Å². The Morgan fingerprint density at radius 2 is 1.78 bits per heavy atom. The number of ether oxygens (including phenoxy) is 3. The van der Waals surface area contributed by atoms with E-state index in [4.69, 9.17) is 24.2 Å². The summed E-state index contributed by atoms with van der Waals surface area (Å²) in [4.78, 5) is 30.5. The van der Waals surface area contributed by atoms with Crippen LogP contribution in [0, 0.1) is 6.92 Å². The van der Waals surface area contributed by atoms with Gasteiger partial charge in [0.25, 0.3) is 0 Å². The van der Waals surface area contributed by atoms with Gasteiger partial charge in [0.05, 0.1) is 35.2 Å². The number of anilines is 2. The van der Waals surface area contributed by atoms with Crippen molar-refractivity contribution in [1.29, 1.82) is 0 Å². The Kier molecular flexibility index (Phi) is 9.72. The second-order valence-corrected chi connectivity index (χ2v) is 15.2. The fraction of sp³-hybridized carbons (Fsp3) is 0.667. The Labute approximate surface area is 296 Å². The number of carbonyl (C=O) groups excluding carboxylic acids is 1. The van der Waals surface area contributed by atoms with Gasteiger partial charge in [0.2, 0.25) is 0 Å². The number of alkyl halides is 3. The van der Waals surface area contributed by atoms with Crippen molar-refractivity contribution in [1.82, 2.24) is 29.5 Å². The largest absolute Gasteiger partial charge is 0.462 e. The number of fused-ring (bicyclic) bond motifs is 2. The lowest BCUT2D eigenvalue weighted by molar-refractivity contribution is -0.137. The number of hydrogen-bond donors (Lipinski definition) is 0. The molecule has 7 rings (SSSR count). The third-order valence-corrected chi connectivity index (χ3v) is 10.4. The van der Waals surface area contributed by atoms with Crippen molar-refractivity contribution in [2.75, 3.05) is 69.3 Å². The molecule has 6 heterocycles. The van der Waals surface area contributed by atoms with E-state index in [-0.39, 0.29) is 42.2 Å². The van der Waals surface area contributed by atoms with Crippen molar-refractivity contribution in [3.63, 3.8) is 0 Å². The van der Waals surface area contributed by atoms with Crippen LogP contribution in [0.5, 0.6) is 6.01 Å². The maximum Gasteiger partial charge on any atom is 0.418 e. The normalized spacial score (nSPS) is 22.1. The molecule has 2 atom stereocenters. The monoisotopic (exact) mass is 714 g/mol. The van der Waals surface area contributed by atoms with Gasteiger partial charge in [-0.25, -0.2) is 9.48 Å². The molecular formula is C36H49F3N8O4. The fourth-order valence-corrected chi connectivity index (χ4v) is 7.82. The van der Waals surface area contributed by atoms with Crippen LogP contribution in [-0.2, 0) is 28.6 Å². The molecule has 3 aromatic rings. The molecule has 3 saturated heterocycles. The van der Waals surface area contributed by atoms with Crippen LogP contribution in [0.25, 0.3) is 10.9 Å². The third kappa shape index (κ3) is 7.41. The van der Waals surface area contributed by atoms with Crippen LogP contribution in [0.15, 0.2) is 12.3 Å². The van der Waals surface area contributed by atoms with Crippen molar-refractivity contribution in [3.05, 3.63) is 34.6 Å². The Hall–Kier alpha value is -3.85. The number of rotatable bonds is 6. The number of aryl methyl sites for hydroxylation is 1. The Morgan fingerprint density at radius 1 is 1.00 bits per heavy atom. The lowest BCUT2D eigenvalue weighted by Crippen LogP contribution is -2.50. The maximum atomic E-state index is 14.9. The average molecular weight is 715 g/mol. The first-order valence-corrected chi connectivity index (χ1v) is 18.2. The van der Waals surface area contributed by atoms with E-state index in [1.807, 2.05) is 20.8 Å². The topological polar surface area (TPSA) is 101 Å². The highest BCUT2D eigenvalue weighted by Gasteiger charge is 2.40. The molecule has 0 spiro atoms. The predicted octanol–water partition coefficient (Wildman–Crippen LogP) is 5.95. The van der Waals surface area contributed by atoms with E-state index in [0.717, 1.165) is 44.2 Å². The standard InChI is InChI=1S/C36H49F3N8O4/c1-23-19-28-26(20-40-47(28)29-10-6-7-18-49-29)31(30(23)36(37,38)39)46-13-11-25-27(21-46)41-33(50-22-24-9-8-12-43(24)5)42-32(25)44-14-16-45(17-15-44)34(48)51-35(2,3)4/h19-20,24,29H,6-18,21-22H2,1-5H3/t24-,29?/m0/s1. The molecule has 12 nitrogen and oxygen atoms in total. The summed E-state index contributed by atoms with van der Waals surface area (Å²) in [5, 5.41) is 5.03. The van der Waals surface area contributed by atoms with Crippen LogP contribution in [0.1, 0.15) is 81.5 Å². The fourth-order valence-electron chi connectivity index (χ4n) is 7.82. The van der Waals surface area contributed by atoms with Crippen molar-refractivity contribution in [2.24, 2.45) is 0 Å². The molecule has 1 amide bonds. The highest BCUT2D eigenvalue weighted by atomic mass is 19.4. The summed E-state index contributed by atoms with van der Waals surface area (Å²) in [6, 6.07) is 2.04. The minimum atomic E-state index is -4.58. The molecule has 15 heteroatoms. The zero-order chi connectivity index (χ0) is 36.1. The molecule has 51 heavy (non-hydrogen) atoms. The number of nitrogens with zero attached hydrogens (tertiary/aromatic N) is 8. The van der Waals surface area contributed by atoms with E-state index in [1.54, 1.807) is 26.7 Å². The van der Waals surface area contributed by atoms with Crippen LogP contribution in [0.4, 0.5) is 29.5 Å². The third-order valence-electron chi connectivity index (χ3n) is 10.4. The summed E-state index contributed by atoms with van der Waals surface area (Å²) in [6.07, 6.45) is 1.54. The first-order chi connectivity index (χ1) is 24.3. The smallest absolute Gasteiger partial charge is 0.418 e. The van der Waals surface area contributed by atoms with E-state index in [2.05, 4.69) is 21.9 Å². The van der Waals surface area contributed by atoms with Crippen molar-refractivity contribution in [2.45, 2.75) is 96.8 Å². The molecule has 0 aliphatic carbocycles. The SMILES string of the molecule is Cc1cc2c(cnn2C2CCCCO2)c(N2CCc3c(nc(OC[C@@H]4CCCN4C)nc3N3CCN(C(=O)OC(C)(C)C)CC3)C2)c1C(F)(F)F. The average Bonchev–Trinajstić information content (AvgIpc) is 3.70. The number of likely N-dealkylation sites (tertiary alicyclic amines) is 1. The van der Waals surface area contributed by atoms with Crippen LogP contribution in [0.2, 0.25) is 0 Å². The molecule has 0 saturated carbocycles. The highest BCUT2D eigenvalue weighted by molar-refractivity contribution is 5.95. The van der Waals surface area contributed by atoms with Gasteiger partial charge in [0.15, 0.2) is 6.23 Å². The molecule has 3 fully saturated rings. The summed E-state index contributed by atoms with van der Waals surface area (Å²) in [5.41, 5.74) is 1.17. The lowest BCUT2D eigenvalue weighted by atomic mass is 9.98. The number of likely N-dealkylation sites (N-methyl/N-ethyl adjacent to an activating group) is 1. The van der Waals surface area contributed by atoms with Gasteiger partial charge in [-0.1, -0.05) is 0 Å². The van der Waals surface area contributed by atoms with Gasteiger partial charge in [-0.3, -0.25) is 0 Å². The van der Waals surface area contributed by atoms with Crippen LogP contribution >= 0.6 is 0 Å². The van der Waals surface area contributed by atoms with Gasteiger partial charge in [-0.05, 0) is 91.4 Å². The molecule has 0 radical (unpaired) electrons. The van der Waals surface area contributed by atoms with Gasteiger partial charge >= 0.3 is 18.3 Å². The van der Waals surface area contributed by atoms with E-state index in [0.29, 0.717) is 74.8 Å². The van der Waals surface area contributed by atoms with Crippen LogP contribution < -0.4 is 14.5 Å². The van der Waals surface area contributed by atoms with E-state index in [9.17, 15) is 18.0 Å². The number of aromatic nitrogens is 4. The second kappa shape index (κ2) is 13.9. The molecule has 1 aromatic carbocycles. The number of amides is 1. The molecular weight excluding hydrogens is 665 g/mol. The minimum absolute atomic E-state index is 0.117. The minimum Gasteiger partial charge on any atom is -0.462 e. The number of benzene rings is 1. The molecule has 2 aromatic heterocycles. The van der Waals surface area contributed by atoms with Gasteiger partial charge in [-0.2, -0.15) is 28.2 Å². The van der Waals surface area contributed by atoms with Crippen molar-refractivity contribution in [3.8, 4) is 6.01 Å². The van der Waals surface area contributed by atoms with E-state index >= 15 is 0 Å². The molecule has 0 bridgehead atoms. The first kappa shape index (κ1) is 35.5. The van der Waals surface area contributed by atoms with Gasteiger partial charge < -0.3 is 33.8 Å². The summed E-state index contributed by atoms with van der Waals surface area (Å²) < 4.78 is 64.3. The molecule has 4 aliphatic rings. The number of hydrogen-bond acceptors (Lipinski definition) is 10. The van der Waals surface area contributed by atoms with Crippen LogP contribution in [0.3, 0.4) is 0 Å². The Balaban J connectivity index is 1.23. The predicted molar refractivity (Wildman–Crippen MR) is 186 cm³/mol. The zero-order valence-electron chi connectivity index (χ0n) is 30.3. The number of carbonyl (C=O) groups is 1. The molecule has 1 unspecified atom stereocenters. The highest BCUT2D eigenvalue weighted by Crippen LogP contribution is 2.45. The van der Waals surface area contributed by atoms with Gasteiger partial charge in [-0.15, -0.1) is 0 Å². The van der Waals surface area contributed by atoms with E-state index < -0.39 is 17.3 Å². The zero-order valence-corrected chi connectivity index (χ0v) is 30.3. The van der Waals surface area contributed by atoms with Crippen LogP contribution in [-0.4, -0.2) is 107 Å². The number of piperazine rings is 1. The summed E-state index contributed by atoms with van der Waals surface area (Å²) in [5.74, 6) is 0.714. The first-order valence-electron chi connectivity index (χ1n) is 18.2. The quantitative estimate of drug-likeness (QED) is 0.305. The van der Waals surface area contributed by atoms with Gasteiger partial charge in [0, 0.05) is 56.3 Å². The molecule has 4 aliphatic heterocycles. The van der Waals surface area contributed by atoms with Gasteiger partial charge in [0.1, 0.15) is 18.0 Å². The Morgan fingerprint density at radius 3 is 2.45 bits per heavy atom. The molecule has 278 valence electrons. The summed E-state index contributed by atoms with van der Waals surface area (Å²) >= 11 is 0. The summed E-state index contributed by atoms with van der Waals surface area (Å²) in [6.45, 7) is 11.5. The summed E-state index contributed by atoms with van der Waals surface area (Å²) in [7, 11) is 2.07. The van der Waals surface area contributed by atoms with Crippen molar-refractivity contribution < 1.29 is 32.2 Å². The Bertz CT molecular complexity index is 1740. The molecule has 0 N–H and O–H groups in total. The lowest BCUT2D eigenvalue weighted by Gasteiger charge is -2.39. The maximum absolute atomic E-state index is 14.9. The van der Waals surface area contributed by atoms with Crippen molar-refractivity contribution >= 4 is 28.5 Å².